The SMILES string of the molecule is O=Cc1cccc(F)c1OCc1ccc2c(c1)CCC2. The molecule has 0 unspecified atom stereocenters. The van der Waals surface area contributed by atoms with Gasteiger partial charge in [0.05, 0.1) is 5.56 Å². The second kappa shape index (κ2) is 5.45. The van der Waals surface area contributed by atoms with Gasteiger partial charge in [0, 0.05) is 0 Å². The van der Waals surface area contributed by atoms with Gasteiger partial charge in [-0.25, -0.2) is 4.39 Å². The average Bonchev–Trinajstić information content (AvgIpc) is 2.93. The lowest BCUT2D eigenvalue weighted by Gasteiger charge is -2.10. The van der Waals surface area contributed by atoms with Gasteiger partial charge in [0.2, 0.25) is 0 Å². The van der Waals surface area contributed by atoms with Crippen LogP contribution in [-0.2, 0) is 19.4 Å². The Labute approximate surface area is 117 Å². The van der Waals surface area contributed by atoms with E-state index in [1.807, 2.05) is 6.07 Å². The van der Waals surface area contributed by atoms with Crippen LogP contribution in [0.3, 0.4) is 0 Å². The summed E-state index contributed by atoms with van der Waals surface area (Å²) in [6, 6.07) is 10.6. The van der Waals surface area contributed by atoms with Gasteiger partial charge in [-0.1, -0.05) is 24.3 Å². The minimum atomic E-state index is -0.504. The highest BCUT2D eigenvalue weighted by atomic mass is 19.1. The summed E-state index contributed by atoms with van der Waals surface area (Å²) in [5.74, 6) is -0.473. The molecule has 0 heterocycles. The zero-order valence-electron chi connectivity index (χ0n) is 11.1. The number of rotatable bonds is 4. The maximum atomic E-state index is 13.7. The molecule has 2 nitrogen and oxygen atoms in total. The molecule has 0 amide bonds. The lowest BCUT2D eigenvalue weighted by atomic mass is 10.1. The van der Waals surface area contributed by atoms with E-state index in [1.54, 1.807) is 6.07 Å². The molecular formula is C17H15FO2. The topological polar surface area (TPSA) is 26.3 Å². The number of para-hydroxylation sites is 1. The van der Waals surface area contributed by atoms with E-state index < -0.39 is 5.82 Å². The highest BCUT2D eigenvalue weighted by molar-refractivity contribution is 5.79. The van der Waals surface area contributed by atoms with Gasteiger partial charge in [-0.2, -0.15) is 0 Å². The first-order valence-corrected chi connectivity index (χ1v) is 6.75. The molecule has 102 valence electrons. The Hall–Kier alpha value is -2.16. The molecular weight excluding hydrogens is 255 g/mol. The van der Waals surface area contributed by atoms with Gasteiger partial charge in [0.25, 0.3) is 0 Å². The smallest absolute Gasteiger partial charge is 0.165 e. The summed E-state index contributed by atoms with van der Waals surface area (Å²) in [7, 11) is 0. The molecule has 0 saturated heterocycles. The number of fused-ring (bicyclic) bond motifs is 1. The second-order valence-corrected chi connectivity index (χ2v) is 5.02. The van der Waals surface area contributed by atoms with E-state index in [2.05, 4.69) is 12.1 Å². The van der Waals surface area contributed by atoms with Crippen molar-refractivity contribution in [3.05, 3.63) is 64.5 Å². The monoisotopic (exact) mass is 270 g/mol. The zero-order valence-corrected chi connectivity index (χ0v) is 11.1. The normalized spacial score (nSPS) is 13.1. The first kappa shape index (κ1) is 12.9. The third kappa shape index (κ3) is 2.44. The van der Waals surface area contributed by atoms with E-state index in [0.717, 1.165) is 18.4 Å². The van der Waals surface area contributed by atoms with Crippen LogP contribution in [0.2, 0.25) is 0 Å². The molecule has 20 heavy (non-hydrogen) atoms. The molecule has 0 fully saturated rings. The Bertz CT molecular complexity index is 649. The third-order valence-electron chi connectivity index (χ3n) is 3.67. The van der Waals surface area contributed by atoms with Crippen LogP contribution < -0.4 is 4.74 Å². The summed E-state index contributed by atoms with van der Waals surface area (Å²) >= 11 is 0. The minimum Gasteiger partial charge on any atom is -0.485 e. The van der Waals surface area contributed by atoms with Gasteiger partial charge in [-0.05, 0) is 48.1 Å². The standard InChI is InChI=1S/C17H15FO2/c18-16-6-2-5-15(10-19)17(16)20-11-12-7-8-13-3-1-4-14(13)9-12/h2,5-10H,1,3-4,11H2. The summed E-state index contributed by atoms with van der Waals surface area (Å²) in [5, 5.41) is 0. The van der Waals surface area contributed by atoms with Gasteiger partial charge < -0.3 is 4.74 Å². The molecule has 0 atom stereocenters. The van der Waals surface area contributed by atoms with Crippen molar-refractivity contribution in [1.29, 1.82) is 0 Å². The summed E-state index contributed by atoms with van der Waals surface area (Å²) in [6.07, 6.45) is 4.05. The maximum Gasteiger partial charge on any atom is 0.165 e. The fraction of sp³-hybridized carbons (Fsp3) is 0.235. The Morgan fingerprint density at radius 3 is 2.85 bits per heavy atom. The Balaban J connectivity index is 1.78. The van der Waals surface area contributed by atoms with Crippen molar-refractivity contribution in [3.8, 4) is 5.75 Å². The quantitative estimate of drug-likeness (QED) is 0.792. The number of aldehydes is 1. The predicted octanol–water partition coefficient (Wildman–Crippen LogP) is 3.71. The Morgan fingerprint density at radius 1 is 1.15 bits per heavy atom. The van der Waals surface area contributed by atoms with Crippen molar-refractivity contribution in [2.24, 2.45) is 0 Å². The maximum absolute atomic E-state index is 13.7. The number of ether oxygens (including phenoxy) is 1. The molecule has 0 saturated carbocycles. The second-order valence-electron chi connectivity index (χ2n) is 5.02. The largest absolute Gasteiger partial charge is 0.485 e. The van der Waals surface area contributed by atoms with Crippen LogP contribution in [0.25, 0.3) is 0 Å². The summed E-state index contributed by atoms with van der Waals surface area (Å²) < 4.78 is 19.2. The predicted molar refractivity (Wildman–Crippen MR) is 74.6 cm³/mol. The van der Waals surface area contributed by atoms with Crippen LogP contribution in [0, 0.1) is 5.82 Å². The summed E-state index contributed by atoms with van der Waals surface area (Å²) in [5.41, 5.74) is 4.00. The first-order chi connectivity index (χ1) is 9.78. The van der Waals surface area contributed by atoms with Crippen molar-refractivity contribution in [2.45, 2.75) is 25.9 Å². The van der Waals surface area contributed by atoms with E-state index in [-0.39, 0.29) is 17.9 Å². The highest BCUT2D eigenvalue weighted by Crippen LogP contribution is 2.25. The van der Waals surface area contributed by atoms with Crippen LogP contribution in [0.5, 0.6) is 5.75 Å². The average molecular weight is 270 g/mol. The molecule has 0 aromatic heterocycles. The molecule has 0 bridgehead atoms. The van der Waals surface area contributed by atoms with E-state index >= 15 is 0 Å². The van der Waals surface area contributed by atoms with Crippen LogP contribution in [-0.4, -0.2) is 6.29 Å². The molecule has 0 radical (unpaired) electrons. The third-order valence-corrected chi connectivity index (χ3v) is 3.67. The molecule has 3 heteroatoms. The lowest BCUT2D eigenvalue weighted by molar-refractivity contribution is 0.111. The Kier molecular flexibility index (Phi) is 3.50. The number of halogens is 1. The van der Waals surface area contributed by atoms with Gasteiger partial charge >= 0.3 is 0 Å². The van der Waals surface area contributed by atoms with Crippen LogP contribution in [0.15, 0.2) is 36.4 Å². The molecule has 1 aliphatic carbocycles. The molecule has 0 N–H and O–H groups in total. The van der Waals surface area contributed by atoms with Crippen molar-refractivity contribution < 1.29 is 13.9 Å². The van der Waals surface area contributed by atoms with Gasteiger partial charge in [0.15, 0.2) is 17.9 Å². The number of carbonyl (C=O) groups excluding carboxylic acids is 1. The summed E-state index contributed by atoms with van der Waals surface area (Å²) in [6.45, 7) is 0.273. The van der Waals surface area contributed by atoms with E-state index in [0.29, 0.717) is 6.29 Å². The Morgan fingerprint density at radius 2 is 2.00 bits per heavy atom. The fourth-order valence-corrected chi connectivity index (χ4v) is 2.64. The molecule has 3 rings (SSSR count). The molecule has 1 aliphatic rings. The van der Waals surface area contributed by atoms with Gasteiger partial charge in [0.1, 0.15) is 6.61 Å². The molecule has 0 spiro atoms. The van der Waals surface area contributed by atoms with Crippen molar-refractivity contribution in [2.75, 3.05) is 0 Å². The van der Waals surface area contributed by atoms with Crippen molar-refractivity contribution >= 4 is 6.29 Å². The van der Waals surface area contributed by atoms with E-state index in [1.165, 1.54) is 29.7 Å². The lowest BCUT2D eigenvalue weighted by Crippen LogP contribution is -2.01. The summed E-state index contributed by atoms with van der Waals surface area (Å²) in [4.78, 5) is 10.9. The van der Waals surface area contributed by atoms with Gasteiger partial charge in [-0.3, -0.25) is 4.79 Å². The van der Waals surface area contributed by atoms with Crippen LogP contribution in [0.1, 0.15) is 33.5 Å². The number of hydrogen-bond donors (Lipinski definition) is 0. The fourth-order valence-electron chi connectivity index (χ4n) is 2.64. The number of carbonyl (C=O) groups is 1. The zero-order chi connectivity index (χ0) is 13.9. The molecule has 2 aromatic rings. The van der Waals surface area contributed by atoms with Crippen molar-refractivity contribution in [3.63, 3.8) is 0 Å². The first-order valence-electron chi connectivity index (χ1n) is 6.75. The molecule has 2 aromatic carbocycles. The number of benzene rings is 2. The highest BCUT2D eigenvalue weighted by Gasteiger charge is 2.12. The number of hydrogen-bond acceptors (Lipinski definition) is 2. The minimum absolute atomic E-state index is 0.0306. The number of aryl methyl sites for hydroxylation is 2. The molecule has 0 aliphatic heterocycles. The van der Waals surface area contributed by atoms with Crippen LogP contribution in [0.4, 0.5) is 4.39 Å². The van der Waals surface area contributed by atoms with E-state index in [9.17, 15) is 9.18 Å². The van der Waals surface area contributed by atoms with Crippen LogP contribution >= 0.6 is 0 Å². The van der Waals surface area contributed by atoms with Crippen molar-refractivity contribution in [1.82, 2.24) is 0 Å². The van der Waals surface area contributed by atoms with Gasteiger partial charge in [-0.15, -0.1) is 0 Å². The van der Waals surface area contributed by atoms with E-state index in [4.69, 9.17) is 4.74 Å².